The summed E-state index contributed by atoms with van der Waals surface area (Å²) in [5.41, 5.74) is 13.5. The number of esters is 7. The number of unbranched alkanes of at least 4 members (excludes halogenated alkanes) is 3. The van der Waals surface area contributed by atoms with Crippen molar-refractivity contribution in [3.8, 4) is 12.1 Å². The number of fused-ring (bicyclic) bond motifs is 4. The van der Waals surface area contributed by atoms with Crippen LogP contribution >= 0.6 is 0 Å². The van der Waals surface area contributed by atoms with Gasteiger partial charge in [-0.1, -0.05) is 180 Å². The van der Waals surface area contributed by atoms with Crippen molar-refractivity contribution < 1.29 is 76.2 Å². The molecule has 5 aromatic carbocycles. The van der Waals surface area contributed by atoms with Gasteiger partial charge in [-0.3, -0.25) is 0 Å². The van der Waals surface area contributed by atoms with Crippen LogP contribution in [-0.2, 0) is 99.6 Å². The molecule has 13 fully saturated rings. The van der Waals surface area contributed by atoms with Crippen LogP contribution in [0.1, 0.15) is 270 Å². The number of nitrogens with zero attached hydrogens (tertiary/aromatic N) is 8. The molecule has 0 atom stereocenters. The molecule has 141 heavy (non-hydrogen) atoms. The normalized spacial score (nSPS) is 28.3. The first-order valence-corrected chi connectivity index (χ1v) is 50.7. The Kier molecular flexibility index (Phi) is 27.6. The van der Waals surface area contributed by atoms with E-state index >= 15 is 0 Å². The zero-order chi connectivity index (χ0) is 100. The number of ether oxygens (including phenoxy) is 9. The molecule has 17 aliphatic rings. The van der Waals surface area contributed by atoms with Gasteiger partial charge in [0.25, 0.3) is 17.4 Å². The number of para-hydroxylation sites is 4. The zero-order valence-electron chi connectivity index (χ0n) is 83.9. The topological polar surface area (TPSA) is 272 Å². The van der Waals surface area contributed by atoms with Gasteiger partial charge >= 0.3 is 53.2 Å². The minimum Gasteiger partial charge on any atom is -0.463 e. The molecule has 0 N–H and O–H groups in total. The molecule has 22 rings (SSSR count). The van der Waals surface area contributed by atoms with E-state index in [1.165, 1.54) is 40.9 Å². The maximum Gasteiger partial charge on any atom is 0.348 e. The molecule has 0 aromatic heterocycles. The highest BCUT2D eigenvalue weighted by Crippen LogP contribution is 2.64. The second-order valence-electron chi connectivity index (χ2n) is 43.3. The number of allylic oxidation sites excluding steroid dienone is 14. The Labute approximate surface area is 829 Å². The molecule has 8 bridgehead atoms. The SMILES string of the molecule is CC(C)OC(=O)c1ccc(CN2/C(=C/C=C3C(=O)OC4(OC3=O)C3CC5CC(C3)CC4C5)C(C)(C)c3ccccc32)cc1.CCCCN1/C(=C/C=C2C(=O)OC3(CCCC3)OC2=O)C(C)(C)c2ccccc21.CCCCN1/C(=C/C=C2C(=O)OC3(OC2=O)C2CC4CC(C2)CC3C4)C(C)(C)c2ccccc21.[C-]#[N+]/C(C#N)=C1/OC(C)(C)O/C(=C(\C#N)[N+]#[C-])C1=C/C=C1/N(CCCC)c2ccccc2C1(C)C. The van der Waals surface area contributed by atoms with E-state index in [-0.39, 0.29) is 103 Å². The van der Waals surface area contributed by atoms with E-state index in [4.69, 9.17) is 55.8 Å². The minimum atomic E-state index is -1.27. The molecule has 24 heteroatoms. The number of hydrogen-bond donors (Lipinski definition) is 0. The molecule has 24 nitrogen and oxygen atoms in total. The van der Waals surface area contributed by atoms with Crippen LogP contribution in [0.4, 0.5) is 22.7 Å². The Morgan fingerprint density at radius 2 is 0.695 bits per heavy atom. The zero-order valence-corrected chi connectivity index (χ0v) is 83.9. The van der Waals surface area contributed by atoms with Crippen molar-refractivity contribution in [3.63, 3.8) is 0 Å². The van der Waals surface area contributed by atoms with Crippen molar-refractivity contribution in [2.24, 2.45) is 47.3 Å². The van der Waals surface area contributed by atoms with Gasteiger partial charge in [-0.2, -0.15) is 0 Å². The van der Waals surface area contributed by atoms with Gasteiger partial charge in [0.05, 0.1) is 37.0 Å². The molecule has 0 radical (unpaired) electrons. The lowest BCUT2D eigenvalue weighted by Gasteiger charge is -2.59. The van der Waals surface area contributed by atoms with Crippen LogP contribution in [0.25, 0.3) is 9.69 Å². The van der Waals surface area contributed by atoms with Crippen molar-refractivity contribution in [2.75, 3.05) is 39.2 Å². The van der Waals surface area contributed by atoms with Crippen molar-refractivity contribution >= 4 is 64.5 Å². The Hall–Kier alpha value is -13.5. The highest BCUT2D eigenvalue weighted by Gasteiger charge is 2.67. The van der Waals surface area contributed by atoms with Crippen LogP contribution in [0.2, 0.25) is 0 Å². The summed E-state index contributed by atoms with van der Waals surface area (Å²) >= 11 is 0. The van der Waals surface area contributed by atoms with Crippen LogP contribution in [0.3, 0.4) is 0 Å². The smallest absolute Gasteiger partial charge is 0.348 e. The van der Waals surface area contributed by atoms with Crippen molar-refractivity contribution in [2.45, 2.75) is 290 Å². The van der Waals surface area contributed by atoms with Gasteiger partial charge in [0.1, 0.15) is 16.7 Å². The van der Waals surface area contributed by atoms with E-state index in [0.29, 0.717) is 48.6 Å². The summed E-state index contributed by atoms with van der Waals surface area (Å²) in [6.45, 7) is 48.8. The van der Waals surface area contributed by atoms with Crippen molar-refractivity contribution in [1.29, 1.82) is 10.5 Å². The van der Waals surface area contributed by atoms with Gasteiger partial charge < -0.3 is 62.2 Å². The monoisotopic (exact) mass is 1900 g/mol. The summed E-state index contributed by atoms with van der Waals surface area (Å²) in [4.78, 5) is 107. The average molecular weight is 1900 g/mol. The minimum absolute atomic E-state index is 0.00424. The number of anilines is 4. The largest absolute Gasteiger partial charge is 0.463 e. The Balaban J connectivity index is 0.000000131. The van der Waals surface area contributed by atoms with Gasteiger partial charge in [-0.25, -0.2) is 53.8 Å². The Bertz CT molecular complexity index is 6170. The lowest BCUT2D eigenvalue weighted by Crippen LogP contribution is -2.63. The molecule has 4 saturated heterocycles. The Morgan fingerprint density at radius 1 is 0.404 bits per heavy atom. The summed E-state index contributed by atoms with van der Waals surface area (Å²) in [6.07, 6.45) is 33.7. The fourth-order valence-electron chi connectivity index (χ4n) is 25.2. The standard InChI is InChI=1S/C36H39NO6.C29H35NO4.C28H27N5O2.C24H29NO4/c1-21(2)41-32(38)25-11-9-22(10-12-25)20-37-30-8-6-5-7-29(30)35(3,4)31(37)14-13-28-33(39)42-36(43-34(28)40)26-16-23-15-24(18-26)19-27(36)17-23;1-4-5-12-30-24-9-7-6-8-23(24)28(2,3)25(30)11-10-22-26(31)33-29(34-27(22)32)20-14-18-13-19(16-20)17-21(29)15-18;1-8-9-16-33-23-13-11-10-12-20(23)27(2,3)24(33)15-14-19-25(21(17-29)31-6)34-28(4,5)35-26(19)22(18-30)32-7;1-4-5-16-25-19-11-7-6-10-18(19)23(2,3)20(25)13-12-17-21(26)28-24(29-22(17)27)14-8-9-15-24/h5-14,21,23-24,26-27H,15-20H2,1-4H3;6-11,18-21H,4-5,12-17H2,1-3H3;10-15H,8-9,16H2,1-5H3;6-7,10-13H,4-5,8-9,14-16H2,1-3H3/b28-13?,31-14+;22-10?,25-11+;24-15+,25-21+,26-22+;20-13+. The number of benzene rings is 5. The number of carbonyl (C=O) groups is 7. The van der Waals surface area contributed by atoms with E-state index < -0.39 is 59.0 Å². The van der Waals surface area contributed by atoms with E-state index in [9.17, 15) is 44.1 Å². The van der Waals surface area contributed by atoms with Crippen LogP contribution in [0, 0.1) is 83.1 Å². The lowest BCUT2D eigenvalue weighted by molar-refractivity contribution is -0.314. The van der Waals surface area contributed by atoms with Crippen molar-refractivity contribution in [3.05, 3.63) is 294 Å². The predicted octanol–water partition coefficient (Wildman–Crippen LogP) is 23.5. The van der Waals surface area contributed by atoms with Crippen LogP contribution < -0.4 is 19.6 Å². The van der Waals surface area contributed by atoms with E-state index in [1.807, 2.05) is 92.8 Å². The fourth-order valence-corrected chi connectivity index (χ4v) is 25.2. The second-order valence-corrected chi connectivity index (χ2v) is 43.3. The highest BCUT2D eigenvalue weighted by molar-refractivity contribution is 6.17. The fraction of sp³-hybridized carbons (Fsp3) is 0.479. The van der Waals surface area contributed by atoms with Gasteiger partial charge in [0, 0.05) is 149 Å². The molecule has 3 spiro atoms. The van der Waals surface area contributed by atoms with Gasteiger partial charge in [0.2, 0.25) is 5.79 Å². The summed E-state index contributed by atoms with van der Waals surface area (Å²) in [6, 6.07) is 44.5. The van der Waals surface area contributed by atoms with Crippen LogP contribution in [-0.4, -0.2) is 90.7 Å². The molecular weight excluding hydrogens is 1770 g/mol. The maximum atomic E-state index is 13.4. The number of nitriles is 2. The first kappa shape index (κ1) is 99.1. The van der Waals surface area contributed by atoms with E-state index in [2.05, 4.69) is 172 Å². The summed E-state index contributed by atoms with van der Waals surface area (Å²) in [5, 5.41) is 19.2. The van der Waals surface area contributed by atoms with E-state index in [1.54, 1.807) is 50.3 Å². The molecule has 5 aromatic rings. The summed E-state index contributed by atoms with van der Waals surface area (Å²) < 4.78 is 52.5. The molecule has 0 unspecified atom stereocenters. The van der Waals surface area contributed by atoms with Crippen LogP contribution in [0.15, 0.2) is 238 Å². The van der Waals surface area contributed by atoms with Gasteiger partial charge in [-0.15, -0.1) is 0 Å². The third-order valence-electron chi connectivity index (χ3n) is 31.8. The van der Waals surface area contributed by atoms with Crippen LogP contribution in [0.5, 0.6) is 0 Å². The maximum absolute atomic E-state index is 13.4. The number of rotatable bonds is 17. The molecular formula is C117H130N8O16. The Morgan fingerprint density at radius 3 is 0.993 bits per heavy atom. The van der Waals surface area contributed by atoms with E-state index in [0.717, 1.165) is 168 Å². The first-order chi connectivity index (χ1) is 67.4. The summed E-state index contributed by atoms with van der Waals surface area (Å²) in [7, 11) is 0. The molecule has 9 aliphatic carbocycles. The second kappa shape index (κ2) is 39.2. The number of carbonyl (C=O) groups excluding carboxylic acids is 7. The highest BCUT2D eigenvalue weighted by atomic mass is 16.8. The van der Waals surface area contributed by atoms with Gasteiger partial charge in [-0.05, 0) is 247 Å². The van der Waals surface area contributed by atoms with Gasteiger partial charge in [0.15, 0.2) is 11.5 Å². The first-order valence-electron chi connectivity index (χ1n) is 50.7. The molecule has 9 saturated carbocycles. The molecule has 0 amide bonds. The molecule has 734 valence electrons. The quantitative estimate of drug-likeness (QED) is 0.0209. The molecule has 8 aliphatic heterocycles. The average Bonchev–Trinajstić information content (AvgIpc) is 1.62. The third kappa shape index (κ3) is 18.5. The third-order valence-corrected chi connectivity index (χ3v) is 31.8. The lowest BCUT2D eigenvalue weighted by atomic mass is 9.53. The van der Waals surface area contributed by atoms with Crippen molar-refractivity contribution in [1.82, 2.24) is 0 Å². The summed E-state index contributed by atoms with van der Waals surface area (Å²) in [5.74, 6) is -4.87. The molecule has 8 heterocycles. The predicted molar refractivity (Wildman–Crippen MR) is 535 cm³/mol. The number of hydrogen-bond acceptors (Lipinski definition) is 22.